The highest BCUT2D eigenvalue weighted by molar-refractivity contribution is 5.74. The molecule has 0 bridgehead atoms. The first-order valence-electron chi connectivity index (χ1n) is 6.90. The Morgan fingerprint density at radius 1 is 1.35 bits per heavy atom. The van der Waals surface area contributed by atoms with Gasteiger partial charge in [0, 0.05) is 19.6 Å². The van der Waals surface area contributed by atoms with E-state index in [9.17, 15) is 9.90 Å². The molecule has 20 heavy (non-hydrogen) atoms. The molecule has 0 aliphatic carbocycles. The van der Waals surface area contributed by atoms with Gasteiger partial charge in [-0.2, -0.15) is 0 Å². The van der Waals surface area contributed by atoms with E-state index in [1.807, 2.05) is 50.2 Å². The largest absolute Gasteiger partial charge is 0.390 e. The molecule has 1 fully saturated rings. The fourth-order valence-electron chi connectivity index (χ4n) is 2.44. The third kappa shape index (κ3) is 3.49. The molecule has 0 radical (unpaired) electrons. The van der Waals surface area contributed by atoms with Crippen molar-refractivity contribution in [2.24, 2.45) is 0 Å². The number of urea groups is 1. The van der Waals surface area contributed by atoms with E-state index >= 15 is 0 Å². The summed E-state index contributed by atoms with van der Waals surface area (Å²) >= 11 is 0. The molecule has 2 atom stereocenters. The van der Waals surface area contributed by atoms with Crippen LogP contribution in [-0.4, -0.2) is 60.3 Å². The van der Waals surface area contributed by atoms with Crippen LogP contribution in [0.5, 0.6) is 0 Å². The van der Waals surface area contributed by atoms with Gasteiger partial charge >= 0.3 is 6.03 Å². The molecule has 2 amide bonds. The molecule has 1 aliphatic heterocycles. The number of aryl methyl sites for hydroxylation is 1. The topological polar surface area (TPSA) is 55.8 Å². The van der Waals surface area contributed by atoms with Crippen LogP contribution in [0.1, 0.15) is 11.1 Å². The van der Waals surface area contributed by atoms with Crippen LogP contribution < -0.4 is 5.32 Å². The Balaban J connectivity index is 1.85. The SMILES string of the molecule is Cc1ccc(CNC(=O)N2C[C@H](O)[C@@H](N(C)C)C2)cc1. The summed E-state index contributed by atoms with van der Waals surface area (Å²) in [5.41, 5.74) is 2.28. The van der Waals surface area contributed by atoms with Crippen LogP contribution in [0.15, 0.2) is 24.3 Å². The van der Waals surface area contributed by atoms with Gasteiger partial charge in [0.15, 0.2) is 0 Å². The van der Waals surface area contributed by atoms with Crippen molar-refractivity contribution in [3.8, 4) is 0 Å². The van der Waals surface area contributed by atoms with Crippen molar-refractivity contribution in [1.82, 2.24) is 15.1 Å². The Bertz CT molecular complexity index is 459. The van der Waals surface area contributed by atoms with Gasteiger partial charge < -0.3 is 20.2 Å². The highest BCUT2D eigenvalue weighted by Gasteiger charge is 2.35. The lowest BCUT2D eigenvalue weighted by atomic mass is 10.1. The maximum Gasteiger partial charge on any atom is 0.317 e. The summed E-state index contributed by atoms with van der Waals surface area (Å²) < 4.78 is 0. The molecule has 1 saturated heterocycles. The molecule has 1 aromatic rings. The number of aliphatic hydroxyl groups excluding tert-OH is 1. The first-order valence-corrected chi connectivity index (χ1v) is 6.90. The molecule has 5 nitrogen and oxygen atoms in total. The second kappa shape index (κ2) is 6.24. The van der Waals surface area contributed by atoms with Crippen molar-refractivity contribution < 1.29 is 9.90 Å². The standard InChI is InChI=1S/C15H23N3O2/c1-11-4-6-12(7-5-11)8-16-15(20)18-9-13(17(2)3)14(19)10-18/h4-7,13-14,19H,8-10H2,1-3H3,(H,16,20)/t13-,14-/m0/s1. The summed E-state index contributed by atoms with van der Waals surface area (Å²) in [7, 11) is 3.84. The maximum atomic E-state index is 12.1. The highest BCUT2D eigenvalue weighted by Crippen LogP contribution is 2.14. The number of amides is 2. The third-order valence-electron chi connectivity index (χ3n) is 3.77. The van der Waals surface area contributed by atoms with Gasteiger partial charge in [-0.15, -0.1) is 0 Å². The van der Waals surface area contributed by atoms with Crippen molar-refractivity contribution >= 4 is 6.03 Å². The number of carbonyl (C=O) groups excluding carboxylic acids is 1. The van der Waals surface area contributed by atoms with Gasteiger partial charge in [-0.3, -0.25) is 0 Å². The molecule has 1 aromatic carbocycles. The zero-order valence-electron chi connectivity index (χ0n) is 12.3. The van der Waals surface area contributed by atoms with Gasteiger partial charge in [0.2, 0.25) is 0 Å². The van der Waals surface area contributed by atoms with Crippen molar-refractivity contribution in [2.75, 3.05) is 27.2 Å². The summed E-state index contributed by atoms with van der Waals surface area (Å²) in [6.07, 6.45) is -0.477. The Morgan fingerprint density at radius 2 is 2.00 bits per heavy atom. The average molecular weight is 277 g/mol. The molecule has 0 spiro atoms. The van der Waals surface area contributed by atoms with Gasteiger partial charge in [-0.25, -0.2) is 4.79 Å². The smallest absolute Gasteiger partial charge is 0.317 e. The van der Waals surface area contributed by atoms with E-state index in [-0.39, 0.29) is 12.1 Å². The lowest BCUT2D eigenvalue weighted by Gasteiger charge is -2.21. The zero-order chi connectivity index (χ0) is 14.7. The molecule has 5 heteroatoms. The number of likely N-dealkylation sites (tertiary alicyclic amines) is 1. The van der Waals surface area contributed by atoms with E-state index in [4.69, 9.17) is 0 Å². The average Bonchev–Trinajstić information content (AvgIpc) is 2.80. The number of likely N-dealkylation sites (N-methyl/N-ethyl adjacent to an activating group) is 1. The quantitative estimate of drug-likeness (QED) is 0.860. The van der Waals surface area contributed by atoms with Crippen LogP contribution in [-0.2, 0) is 6.54 Å². The molecular weight excluding hydrogens is 254 g/mol. The predicted molar refractivity (Wildman–Crippen MR) is 78.5 cm³/mol. The van der Waals surface area contributed by atoms with E-state index in [0.717, 1.165) is 5.56 Å². The first kappa shape index (κ1) is 14.8. The Labute approximate surface area is 120 Å². The highest BCUT2D eigenvalue weighted by atomic mass is 16.3. The fourth-order valence-corrected chi connectivity index (χ4v) is 2.44. The second-order valence-corrected chi connectivity index (χ2v) is 5.65. The number of nitrogens with one attached hydrogen (secondary N) is 1. The Hall–Kier alpha value is -1.59. The van der Waals surface area contributed by atoms with Crippen LogP contribution in [0.25, 0.3) is 0 Å². The number of hydrogen-bond acceptors (Lipinski definition) is 3. The normalized spacial score (nSPS) is 22.4. The van der Waals surface area contributed by atoms with E-state index in [0.29, 0.717) is 19.6 Å². The fraction of sp³-hybridized carbons (Fsp3) is 0.533. The number of nitrogens with zero attached hydrogens (tertiary/aromatic N) is 2. The summed E-state index contributed by atoms with van der Waals surface area (Å²) in [4.78, 5) is 15.7. The lowest BCUT2D eigenvalue weighted by Crippen LogP contribution is -2.40. The molecule has 0 saturated carbocycles. The van der Waals surface area contributed by atoms with Crippen LogP contribution in [0.4, 0.5) is 4.79 Å². The number of β-amino-alcohol motifs (C(OH)–C–C–N with tert-alkyl or cyclic N) is 1. The minimum absolute atomic E-state index is 0.0140. The maximum absolute atomic E-state index is 12.1. The summed E-state index contributed by atoms with van der Waals surface area (Å²) in [6, 6.07) is 7.98. The monoisotopic (exact) mass is 277 g/mol. The van der Waals surface area contributed by atoms with Crippen LogP contribution in [0, 0.1) is 6.92 Å². The molecule has 0 aromatic heterocycles. The zero-order valence-corrected chi connectivity index (χ0v) is 12.3. The third-order valence-corrected chi connectivity index (χ3v) is 3.77. The minimum atomic E-state index is -0.477. The van der Waals surface area contributed by atoms with Crippen LogP contribution in [0.3, 0.4) is 0 Å². The number of benzene rings is 1. The predicted octanol–water partition coefficient (Wildman–Crippen LogP) is 0.811. The van der Waals surface area contributed by atoms with Crippen molar-refractivity contribution in [2.45, 2.75) is 25.6 Å². The van der Waals surface area contributed by atoms with E-state index in [1.165, 1.54) is 5.56 Å². The summed E-state index contributed by atoms with van der Waals surface area (Å²) in [6.45, 7) is 3.50. The second-order valence-electron chi connectivity index (χ2n) is 5.65. The summed E-state index contributed by atoms with van der Waals surface area (Å²) in [5, 5.41) is 12.8. The van der Waals surface area contributed by atoms with Gasteiger partial charge in [0.25, 0.3) is 0 Å². The molecule has 2 rings (SSSR count). The number of carbonyl (C=O) groups is 1. The lowest BCUT2D eigenvalue weighted by molar-refractivity contribution is 0.113. The number of rotatable bonds is 3. The summed E-state index contributed by atoms with van der Waals surface area (Å²) in [5.74, 6) is 0. The Kier molecular flexibility index (Phi) is 4.62. The van der Waals surface area contributed by atoms with Gasteiger partial charge in [0.1, 0.15) is 0 Å². The van der Waals surface area contributed by atoms with E-state index in [1.54, 1.807) is 4.90 Å². The molecular formula is C15H23N3O2. The molecule has 1 heterocycles. The van der Waals surface area contributed by atoms with Crippen molar-refractivity contribution in [3.63, 3.8) is 0 Å². The first-order chi connectivity index (χ1) is 9.47. The minimum Gasteiger partial charge on any atom is -0.390 e. The Morgan fingerprint density at radius 3 is 2.55 bits per heavy atom. The van der Waals surface area contributed by atoms with Gasteiger partial charge in [-0.05, 0) is 26.6 Å². The van der Waals surface area contributed by atoms with Crippen LogP contribution >= 0.6 is 0 Å². The van der Waals surface area contributed by atoms with E-state index in [2.05, 4.69) is 5.32 Å². The van der Waals surface area contributed by atoms with E-state index < -0.39 is 6.10 Å². The van der Waals surface area contributed by atoms with Gasteiger partial charge in [0.05, 0.1) is 12.1 Å². The number of hydrogen-bond donors (Lipinski definition) is 2. The molecule has 2 N–H and O–H groups in total. The van der Waals surface area contributed by atoms with Gasteiger partial charge in [-0.1, -0.05) is 29.8 Å². The molecule has 110 valence electrons. The molecule has 0 unspecified atom stereocenters. The molecule has 1 aliphatic rings. The van der Waals surface area contributed by atoms with Crippen molar-refractivity contribution in [1.29, 1.82) is 0 Å². The number of aliphatic hydroxyl groups is 1. The van der Waals surface area contributed by atoms with Crippen LogP contribution in [0.2, 0.25) is 0 Å². The van der Waals surface area contributed by atoms with Crippen molar-refractivity contribution in [3.05, 3.63) is 35.4 Å².